The Morgan fingerprint density at radius 2 is 1.95 bits per heavy atom. The van der Waals surface area contributed by atoms with Crippen molar-refractivity contribution in [3.05, 3.63) is 79.9 Å². The van der Waals surface area contributed by atoms with Crippen molar-refractivity contribution < 1.29 is 32.6 Å². The molecule has 1 aliphatic heterocycles. The van der Waals surface area contributed by atoms with Crippen LogP contribution in [0.1, 0.15) is 63.9 Å². The van der Waals surface area contributed by atoms with Gasteiger partial charge in [0.05, 0.1) is 43.0 Å². The number of anilines is 1. The lowest BCUT2D eigenvalue weighted by Crippen LogP contribution is -2.29. The van der Waals surface area contributed by atoms with Crippen molar-refractivity contribution in [1.29, 1.82) is 0 Å². The summed E-state index contributed by atoms with van der Waals surface area (Å²) in [6, 6.07) is 7.66. The molecule has 0 N–H and O–H groups in total. The monoisotopic (exact) mass is 566 g/mol. The van der Waals surface area contributed by atoms with Gasteiger partial charge in [0.25, 0.3) is 5.91 Å². The zero-order valence-corrected chi connectivity index (χ0v) is 23.4. The summed E-state index contributed by atoms with van der Waals surface area (Å²) in [5.41, 5.74) is 0.453. The number of carbonyl (C=O) groups excluding carboxylic acids is 2. The number of benzene rings is 2. The summed E-state index contributed by atoms with van der Waals surface area (Å²) < 4.78 is 36.6. The zero-order valence-electron chi connectivity index (χ0n) is 22.6. The van der Waals surface area contributed by atoms with E-state index in [0.29, 0.717) is 29.4 Å². The fraction of sp³-hybridized carbons (Fsp3) is 0.310. The first-order chi connectivity index (χ1) is 19.1. The molecule has 9 nitrogen and oxygen atoms in total. The fourth-order valence-corrected chi connectivity index (χ4v) is 5.55. The van der Waals surface area contributed by atoms with E-state index in [2.05, 4.69) is 4.98 Å². The van der Waals surface area contributed by atoms with Gasteiger partial charge in [0, 0.05) is 0 Å². The van der Waals surface area contributed by atoms with Gasteiger partial charge in [-0.25, -0.2) is 14.2 Å². The number of ether oxygens (including phenoxy) is 3. The number of rotatable bonds is 8. The van der Waals surface area contributed by atoms with Crippen molar-refractivity contribution in [2.45, 2.75) is 33.7 Å². The van der Waals surface area contributed by atoms with Gasteiger partial charge in [-0.3, -0.25) is 14.5 Å². The lowest BCUT2D eigenvalue weighted by Gasteiger charge is -2.23. The zero-order chi connectivity index (χ0) is 28.7. The fourth-order valence-electron chi connectivity index (χ4n) is 4.56. The van der Waals surface area contributed by atoms with Crippen LogP contribution in [0.3, 0.4) is 0 Å². The third kappa shape index (κ3) is 4.70. The molecule has 1 atom stereocenters. The average Bonchev–Trinajstić information content (AvgIpc) is 3.45. The topological polar surface area (TPSA) is 108 Å². The number of thiazole rings is 1. The molecule has 0 fully saturated rings. The average molecular weight is 567 g/mol. The Hall–Kier alpha value is -4.25. The Morgan fingerprint density at radius 1 is 1.18 bits per heavy atom. The predicted molar refractivity (Wildman–Crippen MR) is 147 cm³/mol. The molecule has 11 heteroatoms. The van der Waals surface area contributed by atoms with E-state index in [0.717, 1.165) is 23.5 Å². The molecule has 3 heterocycles. The molecule has 1 unspecified atom stereocenters. The lowest BCUT2D eigenvalue weighted by atomic mass is 9.98. The summed E-state index contributed by atoms with van der Waals surface area (Å²) >= 11 is 0.974. The van der Waals surface area contributed by atoms with E-state index in [-0.39, 0.29) is 44.8 Å². The number of aryl methyl sites for hydroxylation is 1. The van der Waals surface area contributed by atoms with E-state index in [1.165, 1.54) is 18.1 Å². The number of methoxy groups -OCH3 is 1. The van der Waals surface area contributed by atoms with Crippen LogP contribution in [0, 0.1) is 18.7 Å². The number of nitrogens with zero attached hydrogens (tertiary/aromatic N) is 2. The minimum absolute atomic E-state index is 0.00443. The summed E-state index contributed by atoms with van der Waals surface area (Å²) in [4.78, 5) is 46.2. The van der Waals surface area contributed by atoms with Crippen molar-refractivity contribution in [3.8, 4) is 11.5 Å². The van der Waals surface area contributed by atoms with Crippen molar-refractivity contribution in [1.82, 2.24) is 4.98 Å². The van der Waals surface area contributed by atoms with Gasteiger partial charge in [0.1, 0.15) is 16.3 Å². The van der Waals surface area contributed by atoms with Crippen molar-refractivity contribution in [2.24, 2.45) is 5.92 Å². The molecule has 0 saturated carbocycles. The molecule has 2 aromatic heterocycles. The third-order valence-corrected chi connectivity index (χ3v) is 7.50. The van der Waals surface area contributed by atoms with Gasteiger partial charge in [-0.15, -0.1) is 0 Å². The molecular formula is C29H27FN2O7S. The molecule has 0 spiro atoms. The lowest BCUT2D eigenvalue weighted by molar-refractivity contribution is 0.0531. The van der Waals surface area contributed by atoms with Crippen LogP contribution in [0.15, 0.2) is 45.6 Å². The molecule has 1 amide bonds. The standard InChI is InChI=1S/C29H27FN2O7S/c1-6-37-28(35)26-15(4)31-29(40-26)32-23(16-7-9-20(21(11-16)36-5)38-13-14(2)3)22-24(33)18-12-17(30)8-10-19(18)39-25(22)27(32)34/h7-12,14,23H,6,13H2,1-5H3. The third-order valence-electron chi connectivity index (χ3n) is 6.36. The van der Waals surface area contributed by atoms with Gasteiger partial charge >= 0.3 is 5.97 Å². The molecule has 0 aliphatic carbocycles. The molecule has 0 radical (unpaired) electrons. The number of hydrogen-bond acceptors (Lipinski definition) is 9. The number of halogens is 1. The van der Waals surface area contributed by atoms with Crippen LogP contribution in [0.25, 0.3) is 11.0 Å². The van der Waals surface area contributed by atoms with Crippen molar-refractivity contribution in [2.75, 3.05) is 25.2 Å². The largest absolute Gasteiger partial charge is 0.493 e. The molecule has 0 saturated heterocycles. The highest BCUT2D eigenvalue weighted by atomic mass is 32.1. The number of amides is 1. The Balaban J connectivity index is 1.72. The van der Waals surface area contributed by atoms with E-state index < -0.39 is 29.2 Å². The second kappa shape index (κ2) is 10.7. The molecule has 2 aromatic carbocycles. The van der Waals surface area contributed by atoms with Crippen LogP contribution < -0.4 is 19.8 Å². The Morgan fingerprint density at radius 3 is 2.65 bits per heavy atom. The highest BCUT2D eigenvalue weighted by Crippen LogP contribution is 2.45. The summed E-state index contributed by atoms with van der Waals surface area (Å²) in [7, 11) is 1.49. The van der Waals surface area contributed by atoms with E-state index in [1.54, 1.807) is 32.0 Å². The Labute approximate surface area is 233 Å². The highest BCUT2D eigenvalue weighted by Gasteiger charge is 2.45. The quantitative estimate of drug-likeness (QED) is 0.251. The number of esters is 1. The van der Waals surface area contributed by atoms with Crippen LogP contribution in [-0.4, -0.2) is 37.2 Å². The number of carbonyl (C=O) groups is 2. The SMILES string of the molecule is CCOC(=O)c1sc(N2C(=O)c3oc4ccc(F)cc4c(=O)c3C2c2ccc(OCC(C)C)c(OC)c2)nc1C. The molecule has 208 valence electrons. The highest BCUT2D eigenvalue weighted by molar-refractivity contribution is 7.17. The molecule has 40 heavy (non-hydrogen) atoms. The summed E-state index contributed by atoms with van der Waals surface area (Å²) in [6.45, 7) is 8.01. The van der Waals surface area contributed by atoms with Gasteiger partial charge < -0.3 is 18.6 Å². The van der Waals surface area contributed by atoms with Crippen LogP contribution in [0.4, 0.5) is 9.52 Å². The van der Waals surface area contributed by atoms with Gasteiger partial charge in [-0.05, 0) is 55.7 Å². The minimum Gasteiger partial charge on any atom is -0.493 e. The van der Waals surface area contributed by atoms with E-state index in [9.17, 15) is 18.8 Å². The van der Waals surface area contributed by atoms with Gasteiger partial charge in [-0.2, -0.15) is 0 Å². The van der Waals surface area contributed by atoms with Crippen LogP contribution in [-0.2, 0) is 4.74 Å². The second-order valence-electron chi connectivity index (χ2n) is 9.64. The van der Waals surface area contributed by atoms with E-state index in [4.69, 9.17) is 18.6 Å². The number of aromatic nitrogens is 1. The van der Waals surface area contributed by atoms with Crippen LogP contribution in [0.2, 0.25) is 0 Å². The number of hydrogen-bond donors (Lipinski definition) is 0. The van der Waals surface area contributed by atoms with E-state index >= 15 is 0 Å². The van der Waals surface area contributed by atoms with E-state index in [1.807, 2.05) is 13.8 Å². The Bertz CT molecular complexity index is 1690. The first kappa shape index (κ1) is 27.3. The van der Waals surface area contributed by atoms with Crippen LogP contribution >= 0.6 is 11.3 Å². The van der Waals surface area contributed by atoms with Gasteiger partial charge in [0.2, 0.25) is 5.76 Å². The Kier molecular flexibility index (Phi) is 7.33. The molecule has 5 rings (SSSR count). The summed E-state index contributed by atoms with van der Waals surface area (Å²) in [5, 5.41) is 0.181. The molecular weight excluding hydrogens is 539 g/mol. The van der Waals surface area contributed by atoms with Gasteiger partial charge in [0.15, 0.2) is 22.1 Å². The molecule has 1 aliphatic rings. The number of fused-ring (bicyclic) bond motifs is 2. The predicted octanol–water partition coefficient (Wildman–Crippen LogP) is 5.67. The molecule has 4 aromatic rings. The second-order valence-corrected chi connectivity index (χ2v) is 10.6. The maximum atomic E-state index is 14.1. The smallest absolute Gasteiger partial charge is 0.350 e. The van der Waals surface area contributed by atoms with Crippen molar-refractivity contribution >= 4 is 39.3 Å². The minimum atomic E-state index is -1.000. The van der Waals surface area contributed by atoms with Crippen LogP contribution in [0.5, 0.6) is 11.5 Å². The summed E-state index contributed by atoms with van der Waals surface area (Å²) in [6.07, 6.45) is 0. The maximum absolute atomic E-state index is 14.1. The van der Waals surface area contributed by atoms with Gasteiger partial charge in [-0.1, -0.05) is 31.3 Å². The van der Waals surface area contributed by atoms with Crippen molar-refractivity contribution in [3.63, 3.8) is 0 Å². The molecule has 0 bridgehead atoms. The first-order valence-electron chi connectivity index (χ1n) is 12.7. The normalized spacial score (nSPS) is 14.6. The maximum Gasteiger partial charge on any atom is 0.350 e. The summed E-state index contributed by atoms with van der Waals surface area (Å²) in [5.74, 6) is -0.797. The first-order valence-corrected chi connectivity index (χ1v) is 13.5.